The van der Waals surface area contributed by atoms with Crippen molar-refractivity contribution in [2.45, 2.75) is 46.7 Å². The number of ether oxygens (including phenoxy) is 4. The van der Waals surface area contributed by atoms with Gasteiger partial charge in [0.1, 0.15) is 23.0 Å². The van der Waals surface area contributed by atoms with Gasteiger partial charge in [-0.2, -0.15) is 0 Å². The van der Waals surface area contributed by atoms with E-state index in [9.17, 15) is 19.2 Å². The van der Waals surface area contributed by atoms with Gasteiger partial charge in [-0.15, -0.1) is 0 Å². The number of methoxy groups -OCH3 is 4. The number of carbonyl (C=O) groups is 4. The summed E-state index contributed by atoms with van der Waals surface area (Å²) in [5.74, 6) is 0.917. The van der Waals surface area contributed by atoms with Gasteiger partial charge in [-0.1, -0.05) is 103 Å². The molecule has 16 aromatic rings. The number of fused-ring (bicyclic) bond motifs is 8. The van der Waals surface area contributed by atoms with Gasteiger partial charge in [0.25, 0.3) is 23.6 Å². The van der Waals surface area contributed by atoms with Gasteiger partial charge in [-0.3, -0.25) is 29.0 Å². The molecule has 0 atom stereocenters. The molecule has 0 aliphatic carbocycles. The maximum atomic E-state index is 14.3. The Morgan fingerprint density at radius 2 is 0.553 bits per heavy atom. The molecule has 408 valence electrons. The number of nitrogens with zero attached hydrogens (tertiary/aromatic N) is 2. The number of hydrogen-bond donors (Lipinski definition) is 0. The predicted molar refractivity (Wildman–Crippen MR) is 344 cm³/mol. The normalized spacial score (nSPS) is 14.2. The average molecular weight is 1110 g/mol. The smallest absolute Gasteiger partial charge is 0.261 e. The first-order valence-electron chi connectivity index (χ1n) is 28.9. The van der Waals surface area contributed by atoms with E-state index < -0.39 is 0 Å². The van der Waals surface area contributed by atoms with Crippen molar-refractivity contribution in [3.63, 3.8) is 0 Å². The SMILES string of the molecule is COc1cc2c3c(cc(OC)c4c5ccc(-c6ccc7c8ccc9c%10ccc%11c%12c(OC)cc%13c%14c(cc(OC)c(c%15ccc(c%16ccc(c%17cccc6c%177)c8c%169)c%10c%15%11)c%14%12)C(=O)N(C(C)C)C%13=O)c6c(C)ccc(c1c34)c65)C(=O)N(C(C)C)C2=O. The summed E-state index contributed by atoms with van der Waals surface area (Å²) in [4.78, 5) is 59.8. The molecule has 10 nitrogen and oxygen atoms in total. The van der Waals surface area contributed by atoms with Crippen molar-refractivity contribution in [1.82, 2.24) is 9.80 Å². The molecule has 0 aromatic heterocycles. The third-order valence-corrected chi connectivity index (χ3v) is 19.6. The Morgan fingerprint density at radius 3 is 0.929 bits per heavy atom. The van der Waals surface area contributed by atoms with Crippen molar-refractivity contribution in [1.29, 1.82) is 0 Å². The van der Waals surface area contributed by atoms with Crippen LogP contribution in [0, 0.1) is 6.92 Å². The maximum absolute atomic E-state index is 14.3. The van der Waals surface area contributed by atoms with E-state index in [2.05, 4.69) is 110 Å². The average Bonchev–Trinajstić information content (AvgIpc) is 0.717. The molecule has 16 aromatic carbocycles. The summed E-state index contributed by atoms with van der Waals surface area (Å²) < 4.78 is 25.0. The molecule has 4 amide bonds. The van der Waals surface area contributed by atoms with Gasteiger partial charge in [0, 0.05) is 55.2 Å². The summed E-state index contributed by atoms with van der Waals surface area (Å²) in [6.45, 7) is 9.59. The third-order valence-electron chi connectivity index (χ3n) is 19.6. The molecule has 10 heteroatoms. The molecular formula is C75H50N2O8. The lowest BCUT2D eigenvalue weighted by molar-refractivity contribution is 0.0547. The molecule has 2 aliphatic rings. The highest BCUT2D eigenvalue weighted by Gasteiger charge is 2.40. The van der Waals surface area contributed by atoms with Crippen molar-refractivity contribution in [2.24, 2.45) is 0 Å². The first kappa shape index (κ1) is 48.2. The zero-order valence-electron chi connectivity index (χ0n) is 47.9. The van der Waals surface area contributed by atoms with Crippen LogP contribution in [0.2, 0.25) is 0 Å². The van der Waals surface area contributed by atoms with Gasteiger partial charge in [-0.05, 0) is 183 Å². The number of aryl methyl sites for hydroxylation is 1. The second kappa shape index (κ2) is 16.1. The number of benzene rings is 16. The van der Waals surface area contributed by atoms with Gasteiger partial charge < -0.3 is 18.9 Å². The lowest BCUT2D eigenvalue weighted by Gasteiger charge is -2.32. The van der Waals surface area contributed by atoms with Gasteiger partial charge in [-0.25, -0.2) is 0 Å². The fourth-order valence-electron chi connectivity index (χ4n) is 16.4. The second-order valence-electron chi connectivity index (χ2n) is 24.0. The standard InChI is InChI=1S/C75H50N2O8/c1-31(2)76-72(78)49-27-53(82-6)66-45-14-13-33(5)57-37(21-24-46(62(45)57)67-54(83-7)28-50(73(76)79)64(49)70(66)67)34-15-16-38-40-18-20-42-44-23-26-48-63-47(25-22-43(61(44)63)41-19-17-39(59(40)60(41)42)36-12-10-11-35(34)58(36)38)68-55(84-8)29-51-65-52(30-56(85-9)69(48)71(65)68)75(81)77(32(3)4)74(51)80/h10-32H,1-9H3. The lowest BCUT2D eigenvalue weighted by Crippen LogP contribution is -2.44. The monoisotopic (exact) mass is 1110 g/mol. The van der Waals surface area contributed by atoms with E-state index in [-0.39, 0.29) is 35.7 Å². The molecule has 0 spiro atoms. The van der Waals surface area contributed by atoms with Crippen molar-refractivity contribution in [2.75, 3.05) is 28.4 Å². The molecular weight excluding hydrogens is 1060 g/mol. The molecule has 85 heavy (non-hydrogen) atoms. The summed E-state index contributed by atoms with van der Waals surface area (Å²) in [5.41, 5.74) is 5.09. The fourth-order valence-corrected chi connectivity index (χ4v) is 16.4. The summed E-state index contributed by atoms with van der Waals surface area (Å²) in [7, 11) is 6.58. The van der Waals surface area contributed by atoms with E-state index in [1.165, 1.54) is 47.5 Å². The molecule has 0 unspecified atom stereocenters. The van der Waals surface area contributed by atoms with Crippen LogP contribution in [0.3, 0.4) is 0 Å². The zero-order valence-corrected chi connectivity index (χ0v) is 47.9. The minimum Gasteiger partial charge on any atom is -0.496 e. The van der Waals surface area contributed by atoms with Crippen molar-refractivity contribution in [3.8, 4) is 34.1 Å². The highest BCUT2D eigenvalue weighted by molar-refractivity contribution is 6.49. The van der Waals surface area contributed by atoms with Gasteiger partial charge in [0.05, 0.1) is 50.7 Å². The minimum absolute atomic E-state index is 0.332. The molecule has 0 N–H and O–H groups in total. The van der Waals surface area contributed by atoms with Crippen molar-refractivity contribution < 1.29 is 38.1 Å². The molecule has 0 saturated heterocycles. The quantitative estimate of drug-likeness (QED) is 0.0881. The summed E-state index contributed by atoms with van der Waals surface area (Å²) >= 11 is 0. The van der Waals surface area contributed by atoms with Crippen LogP contribution in [0.15, 0.2) is 127 Å². The number of rotatable bonds is 7. The van der Waals surface area contributed by atoms with Gasteiger partial charge >= 0.3 is 0 Å². The van der Waals surface area contributed by atoms with Crippen molar-refractivity contribution >= 4 is 174 Å². The number of amides is 4. The van der Waals surface area contributed by atoms with Crippen LogP contribution in [-0.4, -0.2) is 74.0 Å². The number of imide groups is 2. The minimum atomic E-state index is -0.348. The summed E-state index contributed by atoms with van der Waals surface area (Å²) in [6, 6.07) is 44.8. The first-order chi connectivity index (χ1) is 41.3. The molecule has 0 radical (unpaired) electrons. The largest absolute Gasteiger partial charge is 0.496 e. The highest BCUT2D eigenvalue weighted by Crippen LogP contribution is 2.57. The topological polar surface area (TPSA) is 112 Å². The van der Waals surface area contributed by atoms with Crippen LogP contribution < -0.4 is 18.9 Å². The Bertz CT molecular complexity index is 5640. The Morgan fingerprint density at radius 1 is 0.271 bits per heavy atom. The van der Waals surface area contributed by atoms with E-state index in [1.54, 1.807) is 28.4 Å². The van der Waals surface area contributed by atoms with E-state index in [4.69, 9.17) is 18.9 Å². The molecule has 0 fully saturated rings. The Hall–Kier alpha value is -10.3. The van der Waals surface area contributed by atoms with Crippen LogP contribution in [0.5, 0.6) is 23.0 Å². The molecule has 2 aliphatic heterocycles. The van der Waals surface area contributed by atoms with E-state index in [1.807, 2.05) is 52.0 Å². The van der Waals surface area contributed by atoms with Crippen LogP contribution in [0.4, 0.5) is 0 Å². The Kier molecular flexibility index (Phi) is 9.11. The molecule has 0 bridgehead atoms. The summed E-state index contributed by atoms with van der Waals surface area (Å²) in [6.07, 6.45) is 0. The van der Waals surface area contributed by atoms with E-state index in [0.717, 1.165) is 119 Å². The van der Waals surface area contributed by atoms with E-state index in [0.29, 0.717) is 56.0 Å². The molecule has 18 rings (SSSR count). The second-order valence-corrected chi connectivity index (χ2v) is 24.0. The van der Waals surface area contributed by atoms with E-state index >= 15 is 0 Å². The third kappa shape index (κ3) is 5.49. The maximum Gasteiger partial charge on any atom is 0.261 e. The van der Waals surface area contributed by atoms with Crippen LogP contribution in [-0.2, 0) is 0 Å². The Balaban J connectivity index is 0.888. The van der Waals surface area contributed by atoms with Gasteiger partial charge in [0.2, 0.25) is 0 Å². The zero-order chi connectivity index (χ0) is 57.8. The molecule has 2 heterocycles. The van der Waals surface area contributed by atoms with Gasteiger partial charge in [0.15, 0.2) is 0 Å². The predicted octanol–water partition coefficient (Wildman–Crippen LogP) is 17.6. The van der Waals surface area contributed by atoms with Crippen LogP contribution in [0.1, 0.15) is 74.7 Å². The van der Waals surface area contributed by atoms with Crippen LogP contribution in [0.25, 0.3) is 162 Å². The number of hydrogen-bond acceptors (Lipinski definition) is 8. The number of carbonyl (C=O) groups excluding carboxylic acids is 4. The highest BCUT2D eigenvalue weighted by atomic mass is 16.5. The van der Waals surface area contributed by atoms with Crippen molar-refractivity contribution in [3.05, 3.63) is 155 Å². The fraction of sp³-hybridized carbons (Fsp3) is 0.147. The van der Waals surface area contributed by atoms with Crippen LogP contribution >= 0.6 is 0 Å². The first-order valence-corrected chi connectivity index (χ1v) is 28.9. The lowest BCUT2D eigenvalue weighted by atomic mass is 9.79. The Labute approximate surface area is 484 Å². The molecule has 0 saturated carbocycles. The summed E-state index contributed by atoms with van der Waals surface area (Å²) in [5, 5.41) is 28.5.